The minimum atomic E-state index is -0.136. The monoisotopic (exact) mass is 314 g/mol. The van der Waals surface area contributed by atoms with Gasteiger partial charge in [-0.3, -0.25) is 4.79 Å². The minimum Gasteiger partial charge on any atom is -0.353 e. The summed E-state index contributed by atoms with van der Waals surface area (Å²) in [6.45, 7) is 0. The Morgan fingerprint density at radius 1 is 0.895 bits per heavy atom. The maximum absolute atomic E-state index is 11.9. The summed E-state index contributed by atoms with van der Waals surface area (Å²) in [5.41, 5.74) is 3.42. The average Bonchev–Trinajstić information content (AvgIpc) is 2.57. The summed E-state index contributed by atoms with van der Waals surface area (Å²) in [6.07, 6.45) is 1.57. The van der Waals surface area contributed by atoms with E-state index in [-0.39, 0.29) is 5.91 Å². The number of carbonyl (C=O) groups is 1. The van der Waals surface area contributed by atoms with Gasteiger partial charge in [0.15, 0.2) is 0 Å². The highest BCUT2D eigenvalue weighted by Gasteiger charge is 2.14. The van der Waals surface area contributed by atoms with E-state index in [0.717, 1.165) is 27.1 Å². The Balaban J connectivity index is 2.05. The second kappa shape index (κ2) is 4.90. The van der Waals surface area contributed by atoms with Gasteiger partial charge in [-0.2, -0.15) is 0 Å². The van der Waals surface area contributed by atoms with E-state index < -0.39 is 0 Å². The summed E-state index contributed by atoms with van der Waals surface area (Å²) in [4.78, 5) is 11.9. The van der Waals surface area contributed by atoms with Gasteiger partial charge in [-0.1, -0.05) is 46.3 Å². The van der Waals surface area contributed by atoms with Crippen LogP contribution in [0.25, 0.3) is 5.70 Å². The van der Waals surface area contributed by atoms with E-state index in [9.17, 15) is 4.79 Å². The molecule has 0 radical (unpaired) electrons. The van der Waals surface area contributed by atoms with E-state index in [1.54, 1.807) is 6.08 Å². The van der Waals surface area contributed by atoms with E-state index >= 15 is 0 Å². The second-order valence-electron chi connectivity index (χ2n) is 4.23. The number of nitrogens with one attached hydrogen (secondary N) is 2. The summed E-state index contributed by atoms with van der Waals surface area (Å²) in [5.74, 6) is -0.136. The number of hydrogen-bond acceptors (Lipinski definition) is 2. The molecule has 1 amide bonds. The Labute approximate surface area is 119 Å². The van der Waals surface area contributed by atoms with Crippen LogP contribution in [0, 0.1) is 0 Å². The van der Waals surface area contributed by atoms with Crippen LogP contribution in [0.4, 0.5) is 11.4 Å². The third-order valence-corrected chi connectivity index (χ3v) is 3.36. The smallest absolute Gasteiger partial charge is 0.250 e. The molecule has 0 unspecified atom stereocenters. The predicted octanol–water partition coefficient (Wildman–Crippen LogP) is 3.85. The lowest BCUT2D eigenvalue weighted by Crippen LogP contribution is -2.06. The van der Waals surface area contributed by atoms with Gasteiger partial charge in [-0.25, -0.2) is 0 Å². The largest absolute Gasteiger partial charge is 0.353 e. The first-order valence-corrected chi connectivity index (χ1v) is 6.66. The van der Waals surface area contributed by atoms with Crippen molar-refractivity contribution in [3.05, 3.63) is 64.6 Å². The van der Waals surface area contributed by atoms with Crippen molar-refractivity contribution in [2.24, 2.45) is 0 Å². The number of rotatable bonds is 1. The van der Waals surface area contributed by atoms with Crippen LogP contribution < -0.4 is 10.6 Å². The summed E-state index contributed by atoms with van der Waals surface area (Å²) < 4.78 is 0.927. The van der Waals surface area contributed by atoms with Gasteiger partial charge in [0.25, 0.3) is 5.91 Å². The number of benzene rings is 2. The topological polar surface area (TPSA) is 41.1 Å². The molecular formula is C15H11BrN2O. The molecule has 0 saturated carbocycles. The van der Waals surface area contributed by atoms with Crippen LogP contribution in [0.15, 0.2) is 59.1 Å². The lowest BCUT2D eigenvalue weighted by atomic mass is 10.1. The molecule has 0 atom stereocenters. The molecule has 0 fully saturated rings. The van der Waals surface area contributed by atoms with E-state index in [1.807, 2.05) is 48.5 Å². The van der Waals surface area contributed by atoms with Crippen LogP contribution >= 0.6 is 15.9 Å². The van der Waals surface area contributed by atoms with Crippen molar-refractivity contribution in [1.82, 2.24) is 0 Å². The van der Waals surface area contributed by atoms with Gasteiger partial charge in [0.1, 0.15) is 0 Å². The van der Waals surface area contributed by atoms with Gasteiger partial charge >= 0.3 is 0 Å². The molecule has 2 aromatic carbocycles. The predicted molar refractivity (Wildman–Crippen MR) is 80.8 cm³/mol. The third kappa shape index (κ3) is 2.53. The van der Waals surface area contributed by atoms with Crippen LogP contribution in [-0.4, -0.2) is 5.91 Å². The van der Waals surface area contributed by atoms with Gasteiger partial charge in [0.2, 0.25) is 0 Å². The Kier molecular flexibility index (Phi) is 3.09. The lowest BCUT2D eigenvalue weighted by Gasteiger charge is -2.11. The molecule has 3 rings (SSSR count). The molecule has 1 aliphatic rings. The molecule has 2 aromatic rings. The molecule has 0 aromatic heterocycles. The van der Waals surface area contributed by atoms with Gasteiger partial charge < -0.3 is 10.6 Å². The fraction of sp³-hybridized carbons (Fsp3) is 0. The SMILES string of the molecule is O=C1C=C(c2ccccc2)Nc2ccc(Br)cc2N1. The molecule has 0 saturated heterocycles. The van der Waals surface area contributed by atoms with E-state index in [4.69, 9.17) is 0 Å². The number of carbonyl (C=O) groups excluding carboxylic acids is 1. The highest BCUT2D eigenvalue weighted by molar-refractivity contribution is 9.10. The fourth-order valence-electron chi connectivity index (χ4n) is 1.98. The zero-order valence-corrected chi connectivity index (χ0v) is 11.6. The fourth-order valence-corrected chi connectivity index (χ4v) is 2.34. The Hall–Kier alpha value is -2.07. The van der Waals surface area contributed by atoms with Gasteiger partial charge in [0, 0.05) is 10.5 Å². The van der Waals surface area contributed by atoms with Crippen molar-refractivity contribution in [3.63, 3.8) is 0 Å². The molecule has 19 heavy (non-hydrogen) atoms. The van der Waals surface area contributed by atoms with Crippen LogP contribution in [0.1, 0.15) is 5.56 Å². The first-order chi connectivity index (χ1) is 9.22. The summed E-state index contributed by atoms with van der Waals surface area (Å²) in [7, 11) is 0. The molecule has 0 aliphatic carbocycles. The van der Waals surface area contributed by atoms with E-state index in [0.29, 0.717) is 0 Å². The number of hydrogen-bond donors (Lipinski definition) is 2. The minimum absolute atomic E-state index is 0.136. The quantitative estimate of drug-likeness (QED) is 0.839. The summed E-state index contributed by atoms with van der Waals surface area (Å²) in [5, 5.41) is 6.15. The maximum atomic E-state index is 11.9. The van der Waals surface area contributed by atoms with E-state index in [2.05, 4.69) is 26.6 Å². The van der Waals surface area contributed by atoms with Crippen molar-refractivity contribution in [1.29, 1.82) is 0 Å². The van der Waals surface area contributed by atoms with Crippen molar-refractivity contribution in [3.8, 4) is 0 Å². The van der Waals surface area contributed by atoms with Crippen molar-refractivity contribution in [2.75, 3.05) is 10.6 Å². The standard InChI is InChI=1S/C15H11BrN2O/c16-11-6-7-12-14(8-11)18-15(19)9-13(17-12)10-4-2-1-3-5-10/h1-9,17H,(H,18,19). The molecule has 1 aliphatic heterocycles. The normalized spacial score (nSPS) is 13.7. The number of fused-ring (bicyclic) bond motifs is 1. The second-order valence-corrected chi connectivity index (χ2v) is 5.14. The molecule has 4 heteroatoms. The zero-order chi connectivity index (χ0) is 13.2. The first-order valence-electron chi connectivity index (χ1n) is 5.87. The van der Waals surface area contributed by atoms with Gasteiger partial charge in [0.05, 0.1) is 17.1 Å². The van der Waals surface area contributed by atoms with Crippen molar-refractivity contribution >= 4 is 38.9 Å². The average molecular weight is 315 g/mol. The first kappa shape index (κ1) is 12.0. The Bertz CT molecular complexity index is 665. The Morgan fingerprint density at radius 3 is 2.47 bits per heavy atom. The van der Waals surface area contributed by atoms with Crippen molar-refractivity contribution in [2.45, 2.75) is 0 Å². The molecule has 94 valence electrons. The lowest BCUT2D eigenvalue weighted by molar-refractivity contribution is -0.111. The van der Waals surface area contributed by atoms with Crippen LogP contribution in [0.5, 0.6) is 0 Å². The Morgan fingerprint density at radius 2 is 1.68 bits per heavy atom. The number of halogens is 1. The van der Waals surface area contributed by atoms with E-state index in [1.165, 1.54) is 0 Å². The van der Waals surface area contributed by atoms with Crippen LogP contribution in [0.2, 0.25) is 0 Å². The molecule has 3 nitrogen and oxygen atoms in total. The third-order valence-electron chi connectivity index (χ3n) is 2.87. The molecule has 0 bridgehead atoms. The number of anilines is 2. The molecule has 0 spiro atoms. The van der Waals surface area contributed by atoms with Crippen molar-refractivity contribution < 1.29 is 4.79 Å². The summed E-state index contributed by atoms with van der Waals surface area (Å²) >= 11 is 3.40. The highest BCUT2D eigenvalue weighted by Crippen LogP contribution is 2.31. The highest BCUT2D eigenvalue weighted by atomic mass is 79.9. The zero-order valence-electron chi connectivity index (χ0n) is 9.98. The van der Waals surface area contributed by atoms with Crippen LogP contribution in [-0.2, 0) is 4.79 Å². The molecule has 2 N–H and O–H groups in total. The maximum Gasteiger partial charge on any atom is 0.250 e. The van der Waals surface area contributed by atoms with Crippen LogP contribution in [0.3, 0.4) is 0 Å². The number of amides is 1. The molecule has 1 heterocycles. The van der Waals surface area contributed by atoms with Gasteiger partial charge in [-0.15, -0.1) is 0 Å². The molecular weight excluding hydrogens is 304 g/mol. The van der Waals surface area contributed by atoms with Gasteiger partial charge in [-0.05, 0) is 23.8 Å². The summed E-state index contributed by atoms with van der Waals surface area (Å²) in [6, 6.07) is 15.5.